The molecule has 0 saturated carbocycles. The lowest BCUT2D eigenvalue weighted by Gasteiger charge is -2.25. The van der Waals surface area contributed by atoms with E-state index in [1.807, 2.05) is 0 Å². The number of rotatable bonds is 6. The Morgan fingerprint density at radius 3 is 2.20 bits per heavy atom. The first-order chi connectivity index (χ1) is 14.1. The molecule has 4 amide bonds. The summed E-state index contributed by atoms with van der Waals surface area (Å²) in [6, 6.07) is 13.2. The molecule has 1 atom stereocenters. The SMILES string of the molecule is CC[C@@]1(c2ccccc2)NC(=O)N(NC(=O)c2ccc(S(=O)(=O)N(C)C)cc2)C1=O. The van der Waals surface area contributed by atoms with Gasteiger partial charge in [-0.1, -0.05) is 37.3 Å². The molecule has 1 heterocycles. The number of hydrazine groups is 1. The second kappa shape index (κ2) is 7.88. The minimum absolute atomic E-state index is 0.0214. The van der Waals surface area contributed by atoms with E-state index in [4.69, 9.17) is 0 Å². The Hall–Kier alpha value is -3.24. The Bertz CT molecular complexity index is 1080. The molecule has 0 bridgehead atoms. The summed E-state index contributed by atoms with van der Waals surface area (Å²) in [4.78, 5) is 38.1. The summed E-state index contributed by atoms with van der Waals surface area (Å²) in [5.41, 5.74) is 1.75. The van der Waals surface area contributed by atoms with Crippen molar-refractivity contribution in [1.29, 1.82) is 0 Å². The fourth-order valence-corrected chi connectivity index (χ4v) is 4.10. The van der Waals surface area contributed by atoms with Crippen LogP contribution in [-0.4, -0.2) is 49.7 Å². The number of nitrogens with one attached hydrogen (secondary N) is 2. The normalized spacial score (nSPS) is 19.1. The van der Waals surface area contributed by atoms with Crippen molar-refractivity contribution >= 4 is 27.9 Å². The van der Waals surface area contributed by atoms with Gasteiger partial charge < -0.3 is 5.32 Å². The quantitative estimate of drug-likeness (QED) is 0.673. The van der Waals surface area contributed by atoms with Crippen LogP contribution in [0, 0.1) is 0 Å². The predicted octanol–water partition coefficient (Wildman–Crippen LogP) is 1.44. The Morgan fingerprint density at radius 2 is 1.67 bits per heavy atom. The van der Waals surface area contributed by atoms with Crippen LogP contribution in [0.2, 0.25) is 0 Å². The highest BCUT2D eigenvalue weighted by atomic mass is 32.2. The van der Waals surface area contributed by atoms with Gasteiger partial charge in [0.1, 0.15) is 5.54 Å². The van der Waals surface area contributed by atoms with Gasteiger partial charge in [-0.15, -0.1) is 0 Å². The zero-order chi connectivity index (χ0) is 22.1. The first-order valence-corrected chi connectivity index (χ1v) is 10.6. The van der Waals surface area contributed by atoms with Gasteiger partial charge in [0.2, 0.25) is 10.0 Å². The molecule has 2 N–H and O–H groups in total. The summed E-state index contributed by atoms with van der Waals surface area (Å²) in [5, 5.41) is 3.33. The molecule has 10 heteroatoms. The second-order valence-corrected chi connectivity index (χ2v) is 9.10. The van der Waals surface area contributed by atoms with Crippen molar-refractivity contribution in [2.75, 3.05) is 14.1 Å². The van der Waals surface area contributed by atoms with E-state index in [1.54, 1.807) is 37.3 Å². The number of amides is 4. The fourth-order valence-electron chi connectivity index (χ4n) is 3.19. The third kappa shape index (κ3) is 3.55. The van der Waals surface area contributed by atoms with Crippen LogP contribution in [-0.2, 0) is 20.4 Å². The molecule has 1 saturated heterocycles. The minimum Gasteiger partial charge on any atom is -0.318 e. The molecular formula is C20H22N4O5S. The standard InChI is InChI=1S/C20H22N4O5S/c1-4-20(15-8-6-5-7-9-15)18(26)24(19(27)21-20)22-17(25)14-10-12-16(13-11-14)30(28,29)23(2)3/h5-13H,4H2,1-3H3,(H,21,27)(H,22,25)/t20-/m0/s1. The smallest absolute Gasteiger partial charge is 0.318 e. The number of nitrogens with zero attached hydrogens (tertiary/aromatic N) is 2. The van der Waals surface area contributed by atoms with Gasteiger partial charge in [-0.2, -0.15) is 5.01 Å². The van der Waals surface area contributed by atoms with Crippen molar-refractivity contribution in [3.05, 3.63) is 65.7 Å². The number of carbonyl (C=O) groups is 3. The molecule has 1 aliphatic rings. The number of urea groups is 1. The van der Waals surface area contributed by atoms with Crippen molar-refractivity contribution in [2.45, 2.75) is 23.8 Å². The van der Waals surface area contributed by atoms with Gasteiger partial charge >= 0.3 is 6.03 Å². The van der Waals surface area contributed by atoms with E-state index in [1.165, 1.54) is 38.4 Å². The number of imide groups is 1. The van der Waals surface area contributed by atoms with Crippen LogP contribution >= 0.6 is 0 Å². The van der Waals surface area contributed by atoms with Crippen LogP contribution in [0.15, 0.2) is 59.5 Å². The molecule has 0 aliphatic carbocycles. The summed E-state index contributed by atoms with van der Waals surface area (Å²) in [6.07, 6.45) is 0.297. The van der Waals surface area contributed by atoms with E-state index in [-0.39, 0.29) is 10.5 Å². The van der Waals surface area contributed by atoms with Gasteiger partial charge in [0.15, 0.2) is 0 Å². The maximum Gasteiger partial charge on any atom is 0.344 e. The van der Waals surface area contributed by atoms with Gasteiger partial charge in [0, 0.05) is 19.7 Å². The zero-order valence-corrected chi connectivity index (χ0v) is 17.6. The fraction of sp³-hybridized carbons (Fsp3) is 0.250. The van der Waals surface area contributed by atoms with Crippen LogP contribution in [0.25, 0.3) is 0 Å². The molecule has 158 valence electrons. The lowest BCUT2D eigenvalue weighted by Crippen LogP contribution is -2.48. The average Bonchev–Trinajstić information content (AvgIpc) is 2.99. The van der Waals surface area contributed by atoms with Crippen LogP contribution in [0.4, 0.5) is 4.79 Å². The highest BCUT2D eigenvalue weighted by molar-refractivity contribution is 7.89. The van der Waals surface area contributed by atoms with E-state index in [0.29, 0.717) is 17.0 Å². The van der Waals surface area contributed by atoms with E-state index in [9.17, 15) is 22.8 Å². The zero-order valence-electron chi connectivity index (χ0n) is 16.7. The van der Waals surface area contributed by atoms with E-state index in [2.05, 4.69) is 10.7 Å². The van der Waals surface area contributed by atoms with Gasteiger partial charge in [-0.05, 0) is 36.2 Å². The molecule has 2 aromatic carbocycles. The van der Waals surface area contributed by atoms with E-state index >= 15 is 0 Å². The van der Waals surface area contributed by atoms with Gasteiger partial charge in [0.05, 0.1) is 4.90 Å². The van der Waals surface area contributed by atoms with Crippen molar-refractivity contribution in [3.8, 4) is 0 Å². The first kappa shape index (κ1) is 21.5. The highest BCUT2D eigenvalue weighted by Crippen LogP contribution is 2.31. The number of carbonyl (C=O) groups excluding carboxylic acids is 3. The monoisotopic (exact) mass is 430 g/mol. The Morgan fingerprint density at radius 1 is 1.07 bits per heavy atom. The van der Waals surface area contributed by atoms with Gasteiger partial charge in [-0.25, -0.2) is 17.5 Å². The minimum atomic E-state index is -3.64. The van der Waals surface area contributed by atoms with Crippen molar-refractivity contribution < 1.29 is 22.8 Å². The molecule has 0 aromatic heterocycles. The van der Waals surface area contributed by atoms with Crippen molar-refractivity contribution in [3.63, 3.8) is 0 Å². The molecule has 9 nitrogen and oxygen atoms in total. The molecule has 3 rings (SSSR count). The number of sulfonamides is 1. The summed E-state index contributed by atoms with van der Waals surface area (Å²) >= 11 is 0. The molecule has 2 aromatic rings. The maximum atomic E-state index is 13.0. The molecule has 0 spiro atoms. The van der Waals surface area contributed by atoms with Crippen LogP contribution in [0.1, 0.15) is 29.3 Å². The summed E-state index contributed by atoms with van der Waals surface area (Å²) in [5.74, 6) is -1.31. The molecule has 1 fully saturated rings. The molecular weight excluding hydrogens is 408 g/mol. The number of benzene rings is 2. The Balaban J connectivity index is 1.82. The third-order valence-electron chi connectivity index (χ3n) is 5.00. The van der Waals surface area contributed by atoms with Crippen LogP contribution < -0.4 is 10.7 Å². The number of hydrogen-bond donors (Lipinski definition) is 2. The third-order valence-corrected chi connectivity index (χ3v) is 6.83. The van der Waals surface area contributed by atoms with Gasteiger partial charge in [0.25, 0.3) is 11.8 Å². The Kier molecular flexibility index (Phi) is 5.64. The first-order valence-electron chi connectivity index (χ1n) is 9.19. The van der Waals surface area contributed by atoms with E-state index in [0.717, 1.165) is 4.31 Å². The summed E-state index contributed by atoms with van der Waals surface area (Å²) < 4.78 is 25.3. The topological polar surface area (TPSA) is 116 Å². The average molecular weight is 430 g/mol. The summed E-state index contributed by atoms with van der Waals surface area (Å²) in [7, 11) is -0.830. The maximum absolute atomic E-state index is 13.0. The highest BCUT2D eigenvalue weighted by Gasteiger charge is 2.52. The lowest BCUT2D eigenvalue weighted by molar-refractivity contribution is -0.133. The van der Waals surface area contributed by atoms with Crippen LogP contribution in [0.5, 0.6) is 0 Å². The number of hydrogen-bond acceptors (Lipinski definition) is 5. The molecule has 0 unspecified atom stereocenters. The largest absolute Gasteiger partial charge is 0.344 e. The van der Waals surface area contributed by atoms with Gasteiger partial charge in [-0.3, -0.25) is 15.0 Å². The molecule has 30 heavy (non-hydrogen) atoms. The summed E-state index contributed by atoms with van der Waals surface area (Å²) in [6.45, 7) is 1.76. The Labute approximate surface area is 174 Å². The van der Waals surface area contributed by atoms with Crippen LogP contribution in [0.3, 0.4) is 0 Å². The predicted molar refractivity (Wildman–Crippen MR) is 109 cm³/mol. The molecule has 1 aliphatic heterocycles. The second-order valence-electron chi connectivity index (χ2n) is 6.95. The van der Waals surface area contributed by atoms with Crippen molar-refractivity contribution in [1.82, 2.24) is 20.1 Å². The van der Waals surface area contributed by atoms with E-state index < -0.39 is 33.4 Å². The lowest BCUT2D eigenvalue weighted by atomic mass is 9.87. The molecule has 0 radical (unpaired) electrons. The van der Waals surface area contributed by atoms with Crippen molar-refractivity contribution in [2.24, 2.45) is 0 Å².